The van der Waals surface area contributed by atoms with Crippen LogP contribution in [-0.2, 0) is 0 Å². The first kappa shape index (κ1) is 12.0. The van der Waals surface area contributed by atoms with E-state index in [4.69, 9.17) is 15.6 Å². The lowest BCUT2D eigenvalue weighted by atomic mass is 9.98. The second-order valence-electron chi connectivity index (χ2n) is 2.94. The van der Waals surface area contributed by atoms with E-state index in [0.717, 1.165) is 6.07 Å². The first-order chi connectivity index (χ1) is 7.41. The summed E-state index contributed by atoms with van der Waals surface area (Å²) in [4.78, 5) is 0. The highest BCUT2D eigenvalue weighted by atomic mass is 19.4. The van der Waals surface area contributed by atoms with Crippen molar-refractivity contribution < 1.29 is 18.3 Å². The van der Waals surface area contributed by atoms with Gasteiger partial charge >= 0.3 is 6.18 Å². The van der Waals surface area contributed by atoms with Gasteiger partial charge in [0.25, 0.3) is 0 Å². The molecule has 16 heavy (non-hydrogen) atoms. The third-order valence-electron chi connectivity index (χ3n) is 1.93. The number of rotatable bonds is 1. The van der Waals surface area contributed by atoms with Gasteiger partial charge in [0.05, 0.1) is 11.1 Å². The number of hydrogen-bond acceptors (Lipinski definition) is 3. The van der Waals surface area contributed by atoms with Crippen molar-refractivity contribution in [3.05, 3.63) is 34.9 Å². The van der Waals surface area contributed by atoms with E-state index in [1.165, 1.54) is 18.2 Å². The molecule has 1 aromatic rings. The standard InChI is InChI=1S/C10H5F3N2O/c11-10(12,13)9(16)7-3-1-2-6(4-14)8(7)5-15/h1-3,9,16H. The first-order valence-corrected chi connectivity index (χ1v) is 4.09. The summed E-state index contributed by atoms with van der Waals surface area (Å²) >= 11 is 0. The summed E-state index contributed by atoms with van der Waals surface area (Å²) in [6.07, 6.45) is -7.62. The molecule has 6 heteroatoms. The second-order valence-corrected chi connectivity index (χ2v) is 2.94. The van der Waals surface area contributed by atoms with Crippen LogP contribution in [0, 0.1) is 22.7 Å². The molecule has 0 amide bonds. The summed E-state index contributed by atoms with van der Waals surface area (Å²) in [5, 5.41) is 26.3. The van der Waals surface area contributed by atoms with Gasteiger partial charge in [0, 0.05) is 5.56 Å². The van der Waals surface area contributed by atoms with E-state index in [1.54, 1.807) is 6.07 Å². The molecule has 1 atom stereocenters. The summed E-state index contributed by atoms with van der Waals surface area (Å²) in [5.41, 5.74) is -1.24. The van der Waals surface area contributed by atoms with E-state index in [2.05, 4.69) is 0 Å². The number of benzene rings is 1. The molecule has 0 aliphatic rings. The minimum absolute atomic E-state index is 0.191. The molecule has 1 N–H and O–H groups in total. The molecule has 0 spiro atoms. The Bertz CT molecular complexity index is 482. The molecule has 0 aliphatic heterocycles. The molecule has 0 aromatic heterocycles. The molecule has 1 rings (SSSR count). The smallest absolute Gasteiger partial charge is 0.379 e. The molecule has 0 aliphatic carbocycles. The van der Waals surface area contributed by atoms with Crippen LogP contribution in [0.15, 0.2) is 18.2 Å². The molecule has 0 saturated carbocycles. The van der Waals surface area contributed by atoms with Crippen LogP contribution in [-0.4, -0.2) is 11.3 Å². The van der Waals surface area contributed by atoms with Crippen molar-refractivity contribution in [2.75, 3.05) is 0 Å². The van der Waals surface area contributed by atoms with Gasteiger partial charge in [-0.2, -0.15) is 23.7 Å². The average Bonchev–Trinajstić information content (AvgIpc) is 2.25. The highest BCUT2D eigenvalue weighted by Crippen LogP contribution is 2.34. The van der Waals surface area contributed by atoms with Crippen molar-refractivity contribution >= 4 is 0 Å². The minimum atomic E-state index is -4.86. The number of aliphatic hydroxyl groups is 1. The maximum absolute atomic E-state index is 12.2. The fourth-order valence-corrected chi connectivity index (χ4v) is 1.19. The summed E-state index contributed by atoms with van der Waals surface area (Å²) in [7, 11) is 0. The SMILES string of the molecule is N#Cc1cccc(C(O)C(F)(F)F)c1C#N. The normalized spacial score (nSPS) is 12.6. The van der Waals surface area contributed by atoms with Crippen molar-refractivity contribution in [1.29, 1.82) is 10.5 Å². The molecule has 82 valence electrons. The molecular weight excluding hydrogens is 221 g/mol. The molecule has 0 radical (unpaired) electrons. The minimum Gasteiger partial charge on any atom is -0.379 e. The number of aliphatic hydroxyl groups excluding tert-OH is 1. The maximum Gasteiger partial charge on any atom is 0.418 e. The van der Waals surface area contributed by atoms with Crippen LogP contribution in [0.4, 0.5) is 13.2 Å². The van der Waals surface area contributed by atoms with E-state index in [-0.39, 0.29) is 5.56 Å². The van der Waals surface area contributed by atoms with Gasteiger partial charge in [-0.15, -0.1) is 0 Å². The Kier molecular flexibility index (Phi) is 3.17. The van der Waals surface area contributed by atoms with Crippen molar-refractivity contribution in [3.63, 3.8) is 0 Å². The molecule has 1 unspecified atom stereocenters. The monoisotopic (exact) mass is 226 g/mol. The topological polar surface area (TPSA) is 67.8 Å². The zero-order valence-electron chi connectivity index (χ0n) is 7.78. The van der Waals surface area contributed by atoms with Crippen LogP contribution in [0.3, 0.4) is 0 Å². The molecule has 1 aromatic carbocycles. The fraction of sp³-hybridized carbons (Fsp3) is 0.200. The van der Waals surface area contributed by atoms with Gasteiger partial charge in [0.15, 0.2) is 6.10 Å². The summed E-state index contributed by atoms with van der Waals surface area (Å²) in [6.45, 7) is 0. The zero-order valence-corrected chi connectivity index (χ0v) is 7.78. The van der Waals surface area contributed by atoms with Crippen molar-refractivity contribution in [3.8, 4) is 12.1 Å². The first-order valence-electron chi connectivity index (χ1n) is 4.09. The Morgan fingerprint density at radius 1 is 1.19 bits per heavy atom. The van der Waals surface area contributed by atoms with Crippen molar-refractivity contribution in [2.24, 2.45) is 0 Å². The van der Waals surface area contributed by atoms with Gasteiger partial charge in [-0.3, -0.25) is 0 Å². The van der Waals surface area contributed by atoms with Crippen LogP contribution < -0.4 is 0 Å². The molecular formula is C10H5F3N2O. The molecule has 0 fully saturated rings. The Hall–Kier alpha value is -2.05. The average molecular weight is 226 g/mol. The lowest BCUT2D eigenvalue weighted by Crippen LogP contribution is -2.21. The Morgan fingerprint density at radius 3 is 2.25 bits per heavy atom. The highest BCUT2D eigenvalue weighted by Gasteiger charge is 2.40. The summed E-state index contributed by atoms with van der Waals surface area (Å²) in [5.74, 6) is 0. The van der Waals surface area contributed by atoms with Crippen LogP contribution in [0.1, 0.15) is 22.8 Å². The molecule has 0 saturated heterocycles. The quantitative estimate of drug-likeness (QED) is 0.796. The number of hydrogen-bond donors (Lipinski definition) is 1. The Morgan fingerprint density at radius 2 is 1.81 bits per heavy atom. The number of alkyl halides is 3. The van der Waals surface area contributed by atoms with Gasteiger partial charge in [0.2, 0.25) is 0 Å². The van der Waals surface area contributed by atoms with Crippen LogP contribution in [0.25, 0.3) is 0 Å². The van der Waals surface area contributed by atoms with Crippen molar-refractivity contribution in [2.45, 2.75) is 12.3 Å². The van der Waals surface area contributed by atoms with Gasteiger partial charge in [-0.05, 0) is 6.07 Å². The third kappa shape index (κ3) is 2.13. The van der Waals surface area contributed by atoms with E-state index < -0.39 is 23.4 Å². The molecule has 0 bridgehead atoms. The zero-order chi connectivity index (χ0) is 12.3. The molecule has 3 nitrogen and oxygen atoms in total. The Labute approximate surface area is 89.0 Å². The highest BCUT2D eigenvalue weighted by molar-refractivity contribution is 5.51. The van der Waals surface area contributed by atoms with Gasteiger partial charge in [-0.1, -0.05) is 12.1 Å². The van der Waals surface area contributed by atoms with Gasteiger partial charge < -0.3 is 5.11 Å². The third-order valence-corrected chi connectivity index (χ3v) is 1.93. The maximum atomic E-state index is 12.2. The van der Waals surface area contributed by atoms with E-state index in [9.17, 15) is 13.2 Å². The van der Waals surface area contributed by atoms with Gasteiger partial charge in [0.1, 0.15) is 12.1 Å². The van der Waals surface area contributed by atoms with Crippen LogP contribution >= 0.6 is 0 Å². The Balaban J connectivity index is 3.37. The van der Waals surface area contributed by atoms with E-state index in [1.807, 2.05) is 0 Å². The van der Waals surface area contributed by atoms with Crippen LogP contribution in [0.2, 0.25) is 0 Å². The predicted octanol–water partition coefficient (Wildman–Crippen LogP) is 2.03. The number of nitriles is 2. The second kappa shape index (κ2) is 4.21. The van der Waals surface area contributed by atoms with E-state index >= 15 is 0 Å². The fourth-order valence-electron chi connectivity index (χ4n) is 1.19. The largest absolute Gasteiger partial charge is 0.418 e. The predicted molar refractivity (Wildman–Crippen MR) is 46.9 cm³/mol. The number of halogens is 3. The molecule has 0 heterocycles. The lowest BCUT2D eigenvalue weighted by molar-refractivity contribution is -0.206. The summed E-state index contributed by atoms with van der Waals surface area (Å²) < 4.78 is 36.7. The van der Waals surface area contributed by atoms with E-state index in [0.29, 0.717) is 0 Å². The van der Waals surface area contributed by atoms with Crippen molar-refractivity contribution in [1.82, 2.24) is 0 Å². The number of nitrogens with zero attached hydrogens (tertiary/aromatic N) is 2. The van der Waals surface area contributed by atoms with Gasteiger partial charge in [-0.25, -0.2) is 0 Å². The van der Waals surface area contributed by atoms with Crippen LogP contribution in [0.5, 0.6) is 0 Å². The summed E-state index contributed by atoms with van der Waals surface area (Å²) in [6, 6.07) is 6.45. The lowest BCUT2D eigenvalue weighted by Gasteiger charge is -2.16.